The smallest absolute Gasteiger partial charge is 0.0713 e. The maximum absolute atomic E-state index is 2.41. The summed E-state index contributed by atoms with van der Waals surface area (Å²) in [5.41, 5.74) is 36.8. The third-order valence-electron chi connectivity index (χ3n) is 29.2. The van der Waals surface area contributed by atoms with Crippen LogP contribution in [0, 0.1) is 0 Å². The lowest BCUT2D eigenvalue weighted by molar-refractivity contribution is 0.446. The van der Waals surface area contributed by atoms with E-state index < -0.39 is 10.8 Å². The summed E-state index contributed by atoms with van der Waals surface area (Å²) < 4.78 is 8.28. The van der Waals surface area contributed by atoms with Crippen molar-refractivity contribution in [2.24, 2.45) is 0 Å². The molecule has 0 amide bonds. The molecule has 624 valence electrons. The van der Waals surface area contributed by atoms with Gasteiger partial charge < -0.3 is 0 Å². The molecule has 0 atom stereocenters. The van der Waals surface area contributed by atoms with Crippen molar-refractivity contribution in [1.82, 2.24) is 0 Å². The average Bonchev–Trinajstić information content (AvgIpc) is 1.55. The van der Waals surface area contributed by atoms with Gasteiger partial charge in [-0.1, -0.05) is 480 Å². The predicted octanol–water partition coefficient (Wildman–Crippen LogP) is 35.6. The minimum atomic E-state index is -0.430. The van der Waals surface area contributed by atoms with Crippen LogP contribution in [-0.4, -0.2) is 0 Å². The number of benzene rings is 20. The highest BCUT2D eigenvalue weighted by molar-refractivity contribution is 7.27. The first-order valence-electron chi connectivity index (χ1n) is 46.5. The molecule has 3 heteroatoms. The summed E-state index contributed by atoms with van der Waals surface area (Å²) in [4.78, 5) is 0. The largest absolute Gasteiger partial charge is 0.135 e. The van der Waals surface area contributed by atoms with E-state index in [1.165, 1.54) is 248 Å². The van der Waals surface area contributed by atoms with Crippen LogP contribution >= 0.6 is 34.0 Å². The molecule has 3 aromatic heterocycles. The first kappa shape index (κ1) is 79.2. The van der Waals surface area contributed by atoms with E-state index in [9.17, 15) is 0 Å². The van der Waals surface area contributed by atoms with E-state index in [1.54, 1.807) is 5.56 Å². The molecule has 20 aromatic carbocycles. The van der Waals surface area contributed by atoms with Crippen LogP contribution in [0.3, 0.4) is 0 Å². The highest BCUT2D eigenvalue weighted by Gasteiger charge is 2.49. The summed E-state index contributed by atoms with van der Waals surface area (Å²) >= 11 is 5.79. The van der Waals surface area contributed by atoms with Crippen LogP contribution in [0.2, 0.25) is 0 Å². The minimum absolute atomic E-state index is 0.356. The zero-order valence-electron chi connectivity index (χ0n) is 72.9. The molecule has 0 saturated heterocycles. The molecule has 0 nitrogen and oxygen atoms in total. The van der Waals surface area contributed by atoms with Gasteiger partial charge in [0, 0.05) is 60.5 Å². The Morgan fingerprint density at radius 2 is 0.424 bits per heavy atom. The lowest BCUT2D eigenvalue weighted by Gasteiger charge is -2.34. The second kappa shape index (κ2) is 32.9. The Balaban J connectivity index is 0.000000106. The van der Waals surface area contributed by atoms with Crippen molar-refractivity contribution in [3.8, 4) is 89.0 Å². The van der Waals surface area contributed by atoms with Gasteiger partial charge in [0.1, 0.15) is 0 Å². The monoisotopic (exact) mass is 1730 g/mol. The Bertz CT molecular complexity index is 8190. The molecule has 27 rings (SSSR count). The van der Waals surface area contributed by atoms with Crippen molar-refractivity contribution in [3.05, 3.63) is 552 Å². The van der Waals surface area contributed by atoms with Crippen molar-refractivity contribution >= 4 is 94.5 Å². The standard InChI is InChI=1S/C43H34S.2C43H28S/c1-3-13-29(14-4-1)33-19-11-21-37-38-22-12-20-34(42(38)44-41(33)37)30-25-27-32(28-26-30)43(31-15-5-2-6-16-31)39-23-9-7-17-35(39)36-18-8-10-24-40(36)43;1-2-12-29(13-3-1)31-14-10-15-33(28-31)43(39-21-7-4-16-35(39)36-17-5-8-22-40(36)43)32-26-24-30(25-27-32)34-19-11-20-38-37-18-6-9-23-41(37)44-42(34)38;1-2-11-29(12-3-1)30-21-25-32(26-22-30)43(39-18-7-4-13-35(39)36-14-5-8-19-40(36)43)33-27-23-31(24-28-33)34-16-10-17-38-37-15-6-9-20-41(37)44-42(34)38/h2,5-12,15-29H,1,3-4,13-14H2;2*1-28H. The number of hydrogen-bond donors (Lipinski definition) is 0. The van der Waals surface area contributed by atoms with Crippen molar-refractivity contribution < 1.29 is 0 Å². The molecular weight excluding hydrogens is 1650 g/mol. The number of rotatable bonds is 12. The Hall–Kier alpha value is -14.9. The average molecular weight is 1740 g/mol. The molecule has 0 aliphatic heterocycles. The quantitative estimate of drug-likeness (QED) is 0.114. The summed E-state index contributed by atoms with van der Waals surface area (Å²) in [6.07, 6.45) is 6.78. The first-order chi connectivity index (χ1) is 65.5. The molecule has 132 heavy (non-hydrogen) atoms. The van der Waals surface area contributed by atoms with Crippen LogP contribution in [0.15, 0.2) is 479 Å². The minimum Gasteiger partial charge on any atom is -0.135 e. The van der Waals surface area contributed by atoms with E-state index in [2.05, 4.69) is 479 Å². The SMILES string of the molecule is c1ccc(-c2ccc(C3(c4ccc(-c5cccc6c5sc5ccccc56)cc4)c4ccccc4-c4ccccc43)cc2)cc1.c1ccc(-c2cccc(C3(c4ccc(-c5cccc6c5sc5ccccc56)cc4)c4ccccc4-c4ccccc43)c2)cc1.c1ccc(C2(c3ccc(-c4cccc5c4sc4c(C6CCCCC6)cccc45)cc3)c3ccccc3-c3ccccc32)cc1. The second-order valence-corrected chi connectivity index (χ2v) is 39.0. The fraction of sp³-hybridized carbons (Fsp3) is 0.0698. The van der Waals surface area contributed by atoms with E-state index in [4.69, 9.17) is 0 Å². The fourth-order valence-corrected chi connectivity index (χ4v) is 27.2. The van der Waals surface area contributed by atoms with E-state index in [0.29, 0.717) is 5.92 Å². The van der Waals surface area contributed by atoms with Crippen LogP contribution in [0.25, 0.3) is 150 Å². The van der Waals surface area contributed by atoms with Gasteiger partial charge in [0.15, 0.2) is 0 Å². The lowest BCUT2D eigenvalue weighted by Crippen LogP contribution is -2.28. The van der Waals surface area contributed by atoms with Crippen molar-refractivity contribution in [1.29, 1.82) is 0 Å². The zero-order chi connectivity index (χ0) is 87.3. The number of fused-ring (bicyclic) bond motifs is 18. The molecular formula is C129H90S3. The van der Waals surface area contributed by atoms with Gasteiger partial charge in [-0.3, -0.25) is 0 Å². The van der Waals surface area contributed by atoms with Crippen molar-refractivity contribution in [3.63, 3.8) is 0 Å². The molecule has 3 heterocycles. The third-order valence-corrected chi connectivity index (χ3v) is 32.9. The highest BCUT2D eigenvalue weighted by atomic mass is 32.1. The Morgan fingerprint density at radius 1 is 0.167 bits per heavy atom. The number of thiophene rings is 3. The predicted molar refractivity (Wildman–Crippen MR) is 563 cm³/mol. The van der Waals surface area contributed by atoms with Gasteiger partial charge in [-0.2, -0.15) is 0 Å². The Morgan fingerprint density at radius 3 is 0.826 bits per heavy atom. The number of hydrogen-bond acceptors (Lipinski definition) is 3. The topological polar surface area (TPSA) is 0 Å². The van der Waals surface area contributed by atoms with Crippen LogP contribution in [-0.2, 0) is 16.2 Å². The first-order valence-corrected chi connectivity index (χ1v) is 49.0. The molecule has 0 bridgehead atoms. The maximum atomic E-state index is 2.41. The van der Waals surface area contributed by atoms with E-state index >= 15 is 0 Å². The summed E-state index contributed by atoms with van der Waals surface area (Å²) in [6, 6.07) is 178. The van der Waals surface area contributed by atoms with Gasteiger partial charge in [0.2, 0.25) is 0 Å². The van der Waals surface area contributed by atoms with Gasteiger partial charge in [-0.25, -0.2) is 0 Å². The molecule has 4 aliphatic carbocycles. The van der Waals surface area contributed by atoms with E-state index in [-0.39, 0.29) is 5.41 Å². The summed E-state index contributed by atoms with van der Waals surface area (Å²) in [6.45, 7) is 0. The molecule has 0 spiro atoms. The van der Waals surface area contributed by atoms with E-state index in [0.717, 1.165) is 0 Å². The molecule has 0 radical (unpaired) electrons. The Labute approximate surface area is 783 Å². The molecule has 1 fully saturated rings. The summed E-state index contributed by atoms with van der Waals surface area (Å²) in [5, 5.41) is 8.16. The molecule has 0 unspecified atom stereocenters. The molecule has 23 aromatic rings. The molecule has 4 aliphatic rings. The maximum Gasteiger partial charge on any atom is 0.0713 e. The van der Waals surface area contributed by atoms with Gasteiger partial charge in [0.25, 0.3) is 0 Å². The second-order valence-electron chi connectivity index (χ2n) is 35.9. The highest BCUT2D eigenvalue weighted by Crippen LogP contribution is 2.61. The normalized spacial score (nSPS) is 14.1. The van der Waals surface area contributed by atoms with Gasteiger partial charge in [0.05, 0.1) is 16.2 Å². The molecule has 0 N–H and O–H groups in total. The van der Waals surface area contributed by atoms with Crippen LogP contribution in [0.1, 0.15) is 110 Å². The van der Waals surface area contributed by atoms with Crippen LogP contribution in [0.4, 0.5) is 0 Å². The zero-order valence-corrected chi connectivity index (χ0v) is 75.4. The van der Waals surface area contributed by atoms with Crippen molar-refractivity contribution in [2.45, 2.75) is 54.3 Å². The Kier molecular flexibility index (Phi) is 19.8. The fourth-order valence-electron chi connectivity index (χ4n) is 23.3. The van der Waals surface area contributed by atoms with Crippen molar-refractivity contribution in [2.75, 3.05) is 0 Å². The van der Waals surface area contributed by atoms with Crippen LogP contribution < -0.4 is 0 Å². The summed E-state index contributed by atoms with van der Waals surface area (Å²) in [5.74, 6) is 0.703. The van der Waals surface area contributed by atoms with Crippen LogP contribution in [0.5, 0.6) is 0 Å². The van der Waals surface area contributed by atoms with E-state index in [1.807, 2.05) is 34.0 Å². The van der Waals surface area contributed by atoms with Gasteiger partial charge >= 0.3 is 0 Å². The summed E-state index contributed by atoms with van der Waals surface area (Å²) in [7, 11) is 0. The third kappa shape index (κ3) is 12.7. The van der Waals surface area contributed by atoms with Gasteiger partial charge in [-0.15, -0.1) is 34.0 Å². The van der Waals surface area contributed by atoms with Gasteiger partial charge in [-0.05, 0) is 198 Å². The lowest BCUT2D eigenvalue weighted by atomic mass is 9.67. The molecule has 1 saturated carbocycles.